The maximum Gasteiger partial charge on any atom is 0.227 e. The van der Waals surface area contributed by atoms with Gasteiger partial charge in [-0.2, -0.15) is 4.72 Å². The number of sulfonamides is 1. The SMILES string of the molecule is C#CC(C)(C)NS(=O)(=O)CS(C)(=O)=O. The lowest BCUT2D eigenvalue weighted by Gasteiger charge is -2.18. The van der Waals surface area contributed by atoms with E-state index < -0.39 is 30.5 Å². The van der Waals surface area contributed by atoms with Crippen LogP contribution in [0.3, 0.4) is 0 Å². The van der Waals surface area contributed by atoms with Gasteiger partial charge in [0.25, 0.3) is 0 Å². The number of sulfone groups is 1. The molecule has 0 aromatic rings. The Kier molecular flexibility index (Phi) is 3.72. The van der Waals surface area contributed by atoms with Crippen molar-refractivity contribution in [3.63, 3.8) is 0 Å². The molecule has 0 aliphatic carbocycles. The van der Waals surface area contributed by atoms with E-state index in [0.29, 0.717) is 0 Å². The highest BCUT2D eigenvalue weighted by molar-refractivity contribution is 8.06. The molecule has 0 bridgehead atoms. The molecule has 0 atom stereocenters. The Bertz CT molecular complexity index is 439. The predicted molar refractivity (Wildman–Crippen MR) is 54.7 cm³/mol. The van der Waals surface area contributed by atoms with Gasteiger partial charge in [0.15, 0.2) is 14.9 Å². The van der Waals surface area contributed by atoms with Crippen molar-refractivity contribution >= 4 is 19.9 Å². The highest BCUT2D eigenvalue weighted by Gasteiger charge is 2.25. The summed E-state index contributed by atoms with van der Waals surface area (Å²) in [7, 11) is -7.47. The van der Waals surface area contributed by atoms with Gasteiger partial charge in [-0.1, -0.05) is 5.92 Å². The lowest BCUT2D eigenvalue weighted by Crippen LogP contribution is -2.44. The molecule has 0 saturated heterocycles. The van der Waals surface area contributed by atoms with Crippen molar-refractivity contribution in [2.75, 3.05) is 11.3 Å². The van der Waals surface area contributed by atoms with Crippen LogP contribution >= 0.6 is 0 Å². The molecule has 0 amide bonds. The molecule has 14 heavy (non-hydrogen) atoms. The van der Waals surface area contributed by atoms with Crippen molar-refractivity contribution in [3.8, 4) is 12.3 Å². The zero-order chi connectivity index (χ0) is 11.6. The highest BCUT2D eigenvalue weighted by atomic mass is 32.3. The van der Waals surface area contributed by atoms with Gasteiger partial charge in [-0.25, -0.2) is 16.8 Å². The van der Waals surface area contributed by atoms with E-state index in [4.69, 9.17) is 6.42 Å². The van der Waals surface area contributed by atoms with Crippen molar-refractivity contribution < 1.29 is 16.8 Å². The van der Waals surface area contributed by atoms with Gasteiger partial charge in [-0.05, 0) is 13.8 Å². The maximum absolute atomic E-state index is 11.2. The Morgan fingerprint density at radius 3 is 2.00 bits per heavy atom. The Labute approximate surface area is 84.9 Å². The molecule has 5 nitrogen and oxygen atoms in total. The average molecular weight is 239 g/mol. The van der Waals surface area contributed by atoms with Crippen LogP contribution in [0.4, 0.5) is 0 Å². The van der Waals surface area contributed by atoms with Crippen molar-refractivity contribution in [3.05, 3.63) is 0 Å². The minimum atomic E-state index is -3.89. The predicted octanol–water partition coefficient (Wildman–Crippen LogP) is -0.680. The fourth-order valence-corrected chi connectivity index (χ4v) is 4.06. The molecule has 0 spiro atoms. The van der Waals surface area contributed by atoms with Gasteiger partial charge in [-0.15, -0.1) is 6.42 Å². The van der Waals surface area contributed by atoms with Crippen molar-refractivity contribution in [2.45, 2.75) is 19.4 Å². The Balaban J connectivity index is 4.81. The van der Waals surface area contributed by atoms with Gasteiger partial charge < -0.3 is 0 Å². The average Bonchev–Trinajstić information content (AvgIpc) is 1.78. The summed E-state index contributed by atoms with van der Waals surface area (Å²) >= 11 is 0. The summed E-state index contributed by atoms with van der Waals surface area (Å²) in [4.78, 5) is 0. The summed E-state index contributed by atoms with van der Waals surface area (Å²) in [6.07, 6.45) is 5.89. The number of hydrogen-bond acceptors (Lipinski definition) is 4. The molecule has 0 aromatic heterocycles. The van der Waals surface area contributed by atoms with E-state index in [1.165, 1.54) is 13.8 Å². The smallest absolute Gasteiger partial charge is 0.227 e. The van der Waals surface area contributed by atoms with Crippen molar-refractivity contribution in [2.24, 2.45) is 0 Å². The van der Waals surface area contributed by atoms with Gasteiger partial charge in [0.05, 0.1) is 5.54 Å². The highest BCUT2D eigenvalue weighted by Crippen LogP contribution is 2.03. The molecule has 0 radical (unpaired) electrons. The monoisotopic (exact) mass is 239 g/mol. The number of hydrogen-bond donors (Lipinski definition) is 1. The van der Waals surface area contributed by atoms with E-state index in [2.05, 4.69) is 10.6 Å². The molecule has 0 aliphatic rings. The molecule has 0 saturated carbocycles. The first-order valence-corrected chi connectivity index (χ1v) is 7.36. The number of terminal acetylenes is 1. The molecule has 0 unspecified atom stereocenters. The van der Waals surface area contributed by atoms with Gasteiger partial charge in [0.2, 0.25) is 10.0 Å². The lowest BCUT2D eigenvalue weighted by molar-refractivity contribution is 0.541. The molecule has 0 rings (SSSR count). The van der Waals surface area contributed by atoms with Gasteiger partial charge in [0, 0.05) is 6.26 Å². The van der Waals surface area contributed by atoms with Crippen LogP contribution in [0.2, 0.25) is 0 Å². The Hall–Kier alpha value is -0.580. The molecule has 0 heterocycles. The van der Waals surface area contributed by atoms with Gasteiger partial charge >= 0.3 is 0 Å². The van der Waals surface area contributed by atoms with E-state index in [0.717, 1.165) is 6.26 Å². The van der Waals surface area contributed by atoms with Crippen molar-refractivity contribution in [1.29, 1.82) is 0 Å². The quantitative estimate of drug-likeness (QED) is 0.659. The van der Waals surface area contributed by atoms with E-state index in [-0.39, 0.29) is 0 Å². The van der Waals surface area contributed by atoms with Crippen LogP contribution in [0.5, 0.6) is 0 Å². The largest absolute Gasteiger partial charge is 0.228 e. The first-order valence-electron chi connectivity index (χ1n) is 3.65. The zero-order valence-corrected chi connectivity index (χ0v) is 9.87. The van der Waals surface area contributed by atoms with E-state index in [1.807, 2.05) is 0 Å². The molecule has 1 N–H and O–H groups in total. The molecule has 0 aromatic carbocycles. The molecule has 0 aliphatic heterocycles. The standard InChI is InChI=1S/C7H13NO4S2/c1-5-7(2,3)8-14(11,12)6-13(4,9)10/h1,8H,6H2,2-4H3. The zero-order valence-electron chi connectivity index (χ0n) is 8.23. The van der Waals surface area contributed by atoms with Crippen LogP contribution in [-0.2, 0) is 19.9 Å². The van der Waals surface area contributed by atoms with E-state index in [1.54, 1.807) is 0 Å². The van der Waals surface area contributed by atoms with Gasteiger partial charge in [0.1, 0.15) is 0 Å². The minimum Gasteiger partial charge on any atom is -0.228 e. The molecular weight excluding hydrogens is 226 g/mol. The van der Waals surface area contributed by atoms with E-state index >= 15 is 0 Å². The van der Waals surface area contributed by atoms with Gasteiger partial charge in [-0.3, -0.25) is 0 Å². The summed E-state index contributed by atoms with van der Waals surface area (Å²) in [5.74, 6) is 2.20. The van der Waals surface area contributed by atoms with Crippen LogP contribution in [0, 0.1) is 12.3 Å². The van der Waals surface area contributed by atoms with Crippen LogP contribution in [-0.4, -0.2) is 33.7 Å². The summed E-state index contributed by atoms with van der Waals surface area (Å²) in [6.45, 7) is 2.93. The summed E-state index contributed by atoms with van der Waals surface area (Å²) in [6, 6.07) is 0. The summed E-state index contributed by atoms with van der Waals surface area (Å²) < 4.78 is 46.1. The molecule has 82 valence electrons. The van der Waals surface area contributed by atoms with Crippen LogP contribution < -0.4 is 4.72 Å². The fourth-order valence-electron chi connectivity index (χ4n) is 0.730. The number of rotatable bonds is 4. The van der Waals surface area contributed by atoms with E-state index in [9.17, 15) is 16.8 Å². The fraction of sp³-hybridized carbons (Fsp3) is 0.714. The number of nitrogens with one attached hydrogen (secondary N) is 1. The topological polar surface area (TPSA) is 80.3 Å². The second-order valence-corrected chi connectivity index (χ2v) is 7.76. The van der Waals surface area contributed by atoms with Crippen molar-refractivity contribution in [1.82, 2.24) is 4.72 Å². The molecule has 7 heteroatoms. The summed E-state index contributed by atoms with van der Waals surface area (Å²) in [5, 5.41) is -0.953. The first kappa shape index (κ1) is 13.4. The van der Waals surface area contributed by atoms with Crippen LogP contribution in [0.1, 0.15) is 13.8 Å². The van der Waals surface area contributed by atoms with Crippen LogP contribution in [0.25, 0.3) is 0 Å². The second kappa shape index (κ2) is 3.88. The third-order valence-electron chi connectivity index (χ3n) is 1.14. The third-order valence-corrected chi connectivity index (χ3v) is 4.92. The Morgan fingerprint density at radius 1 is 1.29 bits per heavy atom. The summed E-state index contributed by atoms with van der Waals surface area (Å²) in [5.41, 5.74) is -1.08. The van der Waals surface area contributed by atoms with Crippen LogP contribution in [0.15, 0.2) is 0 Å². The molecular formula is C7H13NO4S2. The first-order chi connectivity index (χ1) is 5.97. The normalized spacial score (nSPS) is 13.6. The third kappa shape index (κ3) is 5.96. The second-order valence-electron chi connectivity index (χ2n) is 3.53. The minimum absolute atomic E-state index is 0.842. The Morgan fingerprint density at radius 2 is 1.71 bits per heavy atom. The lowest BCUT2D eigenvalue weighted by atomic mass is 10.1. The maximum atomic E-state index is 11.2. The molecule has 0 fully saturated rings.